The lowest BCUT2D eigenvalue weighted by Crippen LogP contribution is -2.30. The Bertz CT molecular complexity index is 415. The van der Waals surface area contributed by atoms with E-state index in [0.717, 1.165) is 44.6 Å². The van der Waals surface area contributed by atoms with Crippen LogP contribution in [0.15, 0.2) is 18.2 Å². The van der Waals surface area contributed by atoms with Gasteiger partial charge >= 0.3 is 0 Å². The maximum absolute atomic E-state index is 8.95. The third-order valence-corrected chi connectivity index (χ3v) is 4.45. The molecule has 1 aromatic carbocycles. The Morgan fingerprint density at radius 3 is 2.62 bits per heavy atom. The lowest BCUT2D eigenvalue weighted by molar-refractivity contribution is 0.223. The third-order valence-electron chi connectivity index (χ3n) is 3.62. The van der Waals surface area contributed by atoms with Crippen LogP contribution in [-0.4, -0.2) is 42.8 Å². The summed E-state index contributed by atoms with van der Waals surface area (Å²) in [5.41, 5.74) is 1.06. The van der Waals surface area contributed by atoms with Crippen molar-refractivity contribution in [1.82, 2.24) is 10.2 Å². The van der Waals surface area contributed by atoms with Crippen LogP contribution < -0.4 is 5.32 Å². The number of nitrogens with one attached hydrogen (secondary N) is 1. The van der Waals surface area contributed by atoms with E-state index in [1.165, 1.54) is 0 Å². The van der Waals surface area contributed by atoms with E-state index < -0.39 is 0 Å². The van der Waals surface area contributed by atoms with Gasteiger partial charge in [-0.1, -0.05) is 49.2 Å². The van der Waals surface area contributed by atoms with Crippen LogP contribution >= 0.6 is 23.2 Å². The maximum atomic E-state index is 8.95. The number of hydrogen-bond donors (Lipinski definition) is 2. The van der Waals surface area contributed by atoms with Crippen LogP contribution in [-0.2, 0) is 0 Å². The van der Waals surface area contributed by atoms with Crippen molar-refractivity contribution in [2.45, 2.75) is 32.7 Å². The molecule has 0 saturated carbocycles. The number of aliphatic hydroxyl groups excluding tert-OH is 1. The van der Waals surface area contributed by atoms with Crippen LogP contribution in [0.2, 0.25) is 10.0 Å². The zero-order valence-electron chi connectivity index (χ0n) is 12.9. The second kappa shape index (κ2) is 10.4. The zero-order valence-corrected chi connectivity index (χ0v) is 14.4. The molecule has 1 unspecified atom stereocenters. The molecule has 1 atom stereocenters. The van der Waals surface area contributed by atoms with E-state index in [0.29, 0.717) is 10.0 Å². The number of benzene rings is 1. The molecule has 0 aromatic heterocycles. The summed E-state index contributed by atoms with van der Waals surface area (Å²) in [5.74, 6) is 0. The van der Waals surface area contributed by atoms with E-state index >= 15 is 0 Å². The lowest BCUT2D eigenvalue weighted by Gasteiger charge is -2.25. The zero-order chi connectivity index (χ0) is 15.7. The van der Waals surface area contributed by atoms with Gasteiger partial charge in [0.25, 0.3) is 0 Å². The Morgan fingerprint density at radius 2 is 2.00 bits per heavy atom. The van der Waals surface area contributed by atoms with Gasteiger partial charge in [-0.25, -0.2) is 0 Å². The first kappa shape index (κ1) is 18.7. The minimum atomic E-state index is 0.198. The van der Waals surface area contributed by atoms with Crippen molar-refractivity contribution in [3.63, 3.8) is 0 Å². The van der Waals surface area contributed by atoms with Crippen molar-refractivity contribution in [3.8, 4) is 0 Å². The average Bonchev–Trinajstić information content (AvgIpc) is 2.49. The quantitative estimate of drug-likeness (QED) is 0.685. The summed E-state index contributed by atoms with van der Waals surface area (Å²) in [6.45, 7) is 8.25. The summed E-state index contributed by atoms with van der Waals surface area (Å²) in [7, 11) is 0. The number of halogens is 2. The molecule has 1 aromatic rings. The van der Waals surface area contributed by atoms with E-state index in [1.807, 2.05) is 18.2 Å². The van der Waals surface area contributed by atoms with Crippen molar-refractivity contribution in [3.05, 3.63) is 33.8 Å². The van der Waals surface area contributed by atoms with E-state index in [1.54, 1.807) is 0 Å². The largest absolute Gasteiger partial charge is 0.396 e. The Hall–Kier alpha value is -0.320. The highest BCUT2D eigenvalue weighted by Crippen LogP contribution is 2.31. The highest BCUT2D eigenvalue weighted by atomic mass is 35.5. The average molecular weight is 333 g/mol. The molecular formula is C16H26Cl2N2O. The number of rotatable bonds is 10. The topological polar surface area (TPSA) is 35.5 Å². The normalized spacial score (nSPS) is 12.9. The summed E-state index contributed by atoms with van der Waals surface area (Å²) in [6.07, 6.45) is 1.78. The summed E-state index contributed by atoms with van der Waals surface area (Å²) in [5, 5.41) is 13.7. The summed E-state index contributed by atoms with van der Waals surface area (Å²) >= 11 is 12.5. The monoisotopic (exact) mass is 332 g/mol. The molecule has 3 nitrogen and oxygen atoms in total. The molecule has 0 aliphatic carbocycles. The number of nitrogens with zero attached hydrogens (tertiary/aromatic N) is 1. The Morgan fingerprint density at radius 1 is 1.24 bits per heavy atom. The van der Waals surface area contributed by atoms with Crippen molar-refractivity contribution in [1.29, 1.82) is 0 Å². The molecule has 1 rings (SSSR count). The van der Waals surface area contributed by atoms with Gasteiger partial charge in [-0.3, -0.25) is 0 Å². The molecule has 21 heavy (non-hydrogen) atoms. The van der Waals surface area contributed by atoms with Gasteiger partial charge in [0.1, 0.15) is 0 Å². The van der Waals surface area contributed by atoms with E-state index in [9.17, 15) is 0 Å². The van der Waals surface area contributed by atoms with E-state index in [2.05, 4.69) is 24.1 Å². The molecule has 0 fully saturated rings. The molecule has 0 radical (unpaired) electrons. The van der Waals surface area contributed by atoms with Gasteiger partial charge in [0.2, 0.25) is 0 Å². The predicted molar refractivity (Wildman–Crippen MR) is 91.3 cm³/mol. The van der Waals surface area contributed by atoms with Crippen LogP contribution in [0.5, 0.6) is 0 Å². The maximum Gasteiger partial charge on any atom is 0.0640 e. The van der Waals surface area contributed by atoms with E-state index in [4.69, 9.17) is 28.3 Å². The Labute approximate surface area is 138 Å². The van der Waals surface area contributed by atoms with Gasteiger partial charge < -0.3 is 15.3 Å². The predicted octanol–water partition coefficient (Wildman–Crippen LogP) is 3.74. The smallest absolute Gasteiger partial charge is 0.0640 e. The van der Waals surface area contributed by atoms with Gasteiger partial charge in [0, 0.05) is 19.2 Å². The van der Waals surface area contributed by atoms with Crippen LogP contribution in [0, 0.1) is 0 Å². The van der Waals surface area contributed by atoms with Crippen LogP contribution in [0.3, 0.4) is 0 Å². The second-order valence-electron chi connectivity index (χ2n) is 5.05. The van der Waals surface area contributed by atoms with Gasteiger partial charge in [0.05, 0.1) is 10.0 Å². The number of hydrogen-bond acceptors (Lipinski definition) is 3. The standard InChI is InChI=1S/C16H26Cl2N2O/c1-3-19-15(9-11-20(4-2)10-6-12-21)13-7-5-8-14(17)16(13)18/h5,7-8,15,19,21H,3-4,6,9-12H2,1-2H3. The first-order valence-electron chi connectivity index (χ1n) is 7.64. The SMILES string of the molecule is CCNC(CCN(CC)CCCO)c1cccc(Cl)c1Cl. The van der Waals surface area contributed by atoms with Gasteiger partial charge in [-0.05, 0) is 44.1 Å². The van der Waals surface area contributed by atoms with Crippen LogP contribution in [0.25, 0.3) is 0 Å². The molecular weight excluding hydrogens is 307 g/mol. The Kier molecular flexibility index (Phi) is 9.29. The molecule has 2 N–H and O–H groups in total. The van der Waals surface area contributed by atoms with E-state index in [-0.39, 0.29) is 12.6 Å². The minimum absolute atomic E-state index is 0.198. The molecule has 0 saturated heterocycles. The number of aliphatic hydroxyl groups is 1. The minimum Gasteiger partial charge on any atom is -0.396 e. The molecule has 0 amide bonds. The molecule has 0 aliphatic rings. The van der Waals surface area contributed by atoms with Gasteiger partial charge in [0.15, 0.2) is 0 Å². The lowest BCUT2D eigenvalue weighted by atomic mass is 10.0. The summed E-state index contributed by atoms with van der Waals surface area (Å²) < 4.78 is 0. The van der Waals surface area contributed by atoms with Gasteiger partial charge in [-0.2, -0.15) is 0 Å². The highest BCUT2D eigenvalue weighted by molar-refractivity contribution is 6.42. The highest BCUT2D eigenvalue weighted by Gasteiger charge is 2.16. The van der Waals surface area contributed by atoms with Crippen LogP contribution in [0.4, 0.5) is 0 Å². The van der Waals surface area contributed by atoms with Crippen molar-refractivity contribution in [2.24, 2.45) is 0 Å². The molecule has 0 heterocycles. The molecule has 0 bridgehead atoms. The van der Waals surface area contributed by atoms with Crippen molar-refractivity contribution in [2.75, 3.05) is 32.8 Å². The first-order chi connectivity index (χ1) is 10.1. The van der Waals surface area contributed by atoms with Crippen LogP contribution in [0.1, 0.15) is 38.3 Å². The second-order valence-corrected chi connectivity index (χ2v) is 5.84. The molecule has 5 heteroatoms. The fourth-order valence-electron chi connectivity index (χ4n) is 2.44. The summed E-state index contributed by atoms with van der Waals surface area (Å²) in [6, 6.07) is 5.99. The van der Waals surface area contributed by atoms with Crippen molar-refractivity contribution < 1.29 is 5.11 Å². The third kappa shape index (κ3) is 6.13. The fraction of sp³-hybridized carbons (Fsp3) is 0.625. The fourth-order valence-corrected chi connectivity index (χ4v) is 2.88. The molecule has 0 aliphatic heterocycles. The Balaban J connectivity index is 2.71. The molecule has 120 valence electrons. The molecule has 0 spiro atoms. The van der Waals surface area contributed by atoms with Gasteiger partial charge in [-0.15, -0.1) is 0 Å². The summed E-state index contributed by atoms with van der Waals surface area (Å²) in [4.78, 5) is 2.35. The van der Waals surface area contributed by atoms with Crippen molar-refractivity contribution >= 4 is 23.2 Å². The first-order valence-corrected chi connectivity index (χ1v) is 8.40.